The number of aliphatic hydroxyl groups is 1. The number of aromatic nitrogens is 2. The van der Waals surface area contributed by atoms with Gasteiger partial charge in [-0.05, 0) is 67.9 Å². The van der Waals surface area contributed by atoms with E-state index in [9.17, 15) is 33.9 Å². The van der Waals surface area contributed by atoms with Crippen LogP contribution in [-0.4, -0.2) is 69.4 Å². The quantitative estimate of drug-likeness (QED) is 0.125. The van der Waals surface area contributed by atoms with Gasteiger partial charge in [-0.15, -0.1) is 0 Å². The molecule has 1 aromatic carbocycles. The summed E-state index contributed by atoms with van der Waals surface area (Å²) in [5.74, 6) is -3.16. The third-order valence-corrected chi connectivity index (χ3v) is 9.84. The molecule has 3 aliphatic rings. The van der Waals surface area contributed by atoms with Gasteiger partial charge >= 0.3 is 5.97 Å². The van der Waals surface area contributed by atoms with Crippen molar-refractivity contribution >= 4 is 46.2 Å². The van der Waals surface area contributed by atoms with Crippen LogP contribution in [0.15, 0.2) is 23.0 Å². The Morgan fingerprint density at radius 1 is 1.02 bits per heavy atom. The van der Waals surface area contributed by atoms with E-state index in [4.69, 9.17) is 15.5 Å². The number of carbonyl (C=O) groups is 5. The number of benzene rings is 1. The third kappa shape index (κ3) is 5.89. The number of hydrogen-bond acceptors (Lipinski definition) is 10. The van der Waals surface area contributed by atoms with Crippen LogP contribution in [0.2, 0.25) is 0 Å². The topological polar surface area (TPSA) is 224 Å². The normalized spacial score (nSPS) is 18.3. The Kier molecular flexibility index (Phi) is 9.22. The van der Waals surface area contributed by atoms with E-state index in [2.05, 4.69) is 21.3 Å². The number of amides is 4. The van der Waals surface area contributed by atoms with E-state index < -0.39 is 47.3 Å². The molecular weight excluding hydrogens is 646 g/mol. The predicted octanol–water partition coefficient (Wildman–Crippen LogP) is 0.227. The number of esters is 1. The first-order valence-corrected chi connectivity index (χ1v) is 16.8. The number of cyclic esters (lactones) is 1. The van der Waals surface area contributed by atoms with E-state index >= 15 is 0 Å². The molecule has 0 spiro atoms. The van der Waals surface area contributed by atoms with Crippen molar-refractivity contribution in [3.63, 3.8) is 0 Å². The Labute approximate surface area is 287 Å². The van der Waals surface area contributed by atoms with E-state index in [0.717, 1.165) is 34.9 Å². The minimum atomic E-state index is -1.92. The summed E-state index contributed by atoms with van der Waals surface area (Å²) in [5.41, 5.74) is 8.77. The van der Waals surface area contributed by atoms with Gasteiger partial charge in [0, 0.05) is 22.2 Å². The first kappa shape index (κ1) is 34.7. The van der Waals surface area contributed by atoms with Crippen molar-refractivity contribution in [1.29, 1.82) is 0 Å². The third-order valence-electron chi connectivity index (χ3n) is 9.84. The van der Waals surface area contributed by atoms with Gasteiger partial charge in [0.15, 0.2) is 5.60 Å². The molecule has 3 aromatic rings. The van der Waals surface area contributed by atoms with Gasteiger partial charge in [0.1, 0.15) is 18.7 Å². The summed E-state index contributed by atoms with van der Waals surface area (Å²) >= 11 is 0. The zero-order valence-corrected chi connectivity index (χ0v) is 28.4. The lowest BCUT2D eigenvalue weighted by Gasteiger charge is -2.31. The summed E-state index contributed by atoms with van der Waals surface area (Å²) in [5, 5.41) is 22.7. The molecule has 264 valence electrons. The fourth-order valence-corrected chi connectivity index (χ4v) is 7.05. The van der Waals surface area contributed by atoms with Crippen molar-refractivity contribution < 1.29 is 33.8 Å². The minimum absolute atomic E-state index is 0.0521. The molecule has 7 N–H and O–H groups in total. The number of aryl methyl sites for hydroxylation is 2. The van der Waals surface area contributed by atoms with Crippen LogP contribution in [0, 0.1) is 5.92 Å². The van der Waals surface area contributed by atoms with Crippen molar-refractivity contribution in [3.05, 3.63) is 56.4 Å². The van der Waals surface area contributed by atoms with E-state index in [0.29, 0.717) is 29.0 Å². The maximum atomic E-state index is 13.7. The summed E-state index contributed by atoms with van der Waals surface area (Å²) in [6.07, 6.45) is 2.25. The van der Waals surface area contributed by atoms with Gasteiger partial charge in [-0.25, -0.2) is 9.78 Å². The molecule has 4 heterocycles. The van der Waals surface area contributed by atoms with Crippen LogP contribution >= 0.6 is 0 Å². The van der Waals surface area contributed by atoms with Gasteiger partial charge in [0.05, 0.1) is 42.1 Å². The van der Waals surface area contributed by atoms with Crippen molar-refractivity contribution in [1.82, 2.24) is 25.5 Å². The highest BCUT2D eigenvalue weighted by molar-refractivity contribution is 6.02. The van der Waals surface area contributed by atoms with Crippen LogP contribution < -0.4 is 32.6 Å². The Hall–Kier alpha value is -5.15. The second-order valence-electron chi connectivity index (χ2n) is 13.3. The molecule has 6 rings (SSSR count). The number of carbonyl (C=O) groups excluding carboxylic acids is 5. The first-order valence-electron chi connectivity index (χ1n) is 16.8. The molecule has 4 amide bonds. The predicted molar refractivity (Wildman–Crippen MR) is 182 cm³/mol. The van der Waals surface area contributed by atoms with Gasteiger partial charge in [-0.3, -0.25) is 24.0 Å². The summed E-state index contributed by atoms with van der Waals surface area (Å²) in [4.78, 5) is 81.5. The molecule has 0 bridgehead atoms. The van der Waals surface area contributed by atoms with E-state index in [1.165, 1.54) is 0 Å². The van der Waals surface area contributed by atoms with Crippen molar-refractivity contribution in [2.45, 2.75) is 84.2 Å². The van der Waals surface area contributed by atoms with E-state index in [-0.39, 0.29) is 55.3 Å². The Morgan fingerprint density at radius 2 is 1.76 bits per heavy atom. The van der Waals surface area contributed by atoms with Gasteiger partial charge in [-0.1, -0.05) is 20.8 Å². The molecule has 0 saturated heterocycles. The van der Waals surface area contributed by atoms with Crippen molar-refractivity contribution in [2.24, 2.45) is 11.7 Å². The van der Waals surface area contributed by atoms with Gasteiger partial charge in [-0.2, -0.15) is 0 Å². The number of nitrogens with zero attached hydrogens (tertiary/aromatic N) is 2. The maximum absolute atomic E-state index is 13.7. The number of ether oxygens (including phenoxy) is 1. The zero-order valence-electron chi connectivity index (χ0n) is 28.4. The molecule has 0 radical (unpaired) electrons. The molecule has 0 fully saturated rings. The van der Waals surface area contributed by atoms with Crippen LogP contribution in [0.5, 0.6) is 0 Å². The number of nitrogens with one attached hydrogen (secondary N) is 4. The van der Waals surface area contributed by atoms with Crippen LogP contribution in [0.25, 0.3) is 22.3 Å². The highest BCUT2D eigenvalue weighted by atomic mass is 16.6. The Bertz CT molecular complexity index is 2020. The fourth-order valence-electron chi connectivity index (χ4n) is 7.05. The second-order valence-corrected chi connectivity index (χ2v) is 13.3. The maximum Gasteiger partial charge on any atom is 0.343 e. The Morgan fingerprint density at radius 3 is 2.46 bits per heavy atom. The lowest BCUT2D eigenvalue weighted by molar-refractivity contribution is -0.172. The average Bonchev–Trinajstić information content (AvgIpc) is 3.47. The van der Waals surface area contributed by atoms with E-state index in [1.807, 2.05) is 0 Å². The fraction of sp³-hybridized carbons (Fsp3) is 0.457. The zero-order chi connectivity index (χ0) is 36.1. The van der Waals surface area contributed by atoms with Crippen LogP contribution in [0.3, 0.4) is 0 Å². The summed E-state index contributed by atoms with van der Waals surface area (Å²) < 4.78 is 6.81. The summed E-state index contributed by atoms with van der Waals surface area (Å²) in [6, 6.07) is 3.37. The van der Waals surface area contributed by atoms with E-state index in [1.54, 1.807) is 50.5 Å². The van der Waals surface area contributed by atoms with Gasteiger partial charge in [0.25, 0.3) is 5.56 Å². The molecular formula is C35H41N7O8. The Balaban J connectivity index is 1.25. The van der Waals surface area contributed by atoms with Crippen LogP contribution in [0.1, 0.15) is 68.4 Å². The van der Waals surface area contributed by atoms with Gasteiger partial charge in [0.2, 0.25) is 23.6 Å². The molecule has 2 aliphatic heterocycles. The molecule has 0 saturated carbocycles. The summed E-state index contributed by atoms with van der Waals surface area (Å²) in [7, 11) is 0. The van der Waals surface area contributed by atoms with Crippen molar-refractivity contribution in [2.75, 3.05) is 18.4 Å². The lowest BCUT2D eigenvalue weighted by Crippen LogP contribution is -2.55. The number of fused-ring (bicyclic) bond motifs is 5. The minimum Gasteiger partial charge on any atom is -0.458 e. The van der Waals surface area contributed by atoms with Gasteiger partial charge < -0.3 is 41.4 Å². The number of anilines is 1. The van der Waals surface area contributed by atoms with Crippen LogP contribution in [-0.2, 0) is 60.3 Å². The molecule has 3 atom stereocenters. The molecule has 50 heavy (non-hydrogen) atoms. The molecule has 1 aliphatic carbocycles. The largest absolute Gasteiger partial charge is 0.458 e. The second kappa shape index (κ2) is 13.3. The monoisotopic (exact) mass is 687 g/mol. The molecule has 15 nitrogen and oxygen atoms in total. The highest BCUT2D eigenvalue weighted by Crippen LogP contribution is 2.43. The lowest BCUT2D eigenvalue weighted by atomic mass is 9.85. The molecule has 0 unspecified atom stereocenters. The van der Waals surface area contributed by atoms with Crippen molar-refractivity contribution in [3.8, 4) is 11.4 Å². The first-order chi connectivity index (χ1) is 23.8. The van der Waals surface area contributed by atoms with Crippen LogP contribution in [0.4, 0.5) is 5.69 Å². The number of nitrogens with two attached hydrogens (primary N) is 1. The number of rotatable bonds is 10. The SMILES string of the molecule is CC[C@@]1(O)C(=O)OCc2c1cc1n(c2=O)Cc2c-1nc1ccc(NC(=O)[C@H](C)NC(=O)[C@@H](NC(=O)CNC(=O)CN)C(C)C)c3c1c2CCC3. The smallest absolute Gasteiger partial charge is 0.343 e. The number of pyridine rings is 2. The molecule has 2 aromatic heterocycles. The highest BCUT2D eigenvalue weighted by Gasteiger charge is 2.45. The average molecular weight is 688 g/mol. The standard InChI is InChI=1S/C35H41N7O8/c1-5-35(49)22-11-25-30-20(14-42(25)33(47)21(22)15-50-34(35)48)18-7-6-8-19-23(9-10-24(39-30)28(18)19)40-31(45)17(4)38-32(46)29(16(2)3)41-27(44)13-37-26(43)12-36/h9-11,16-17,29,49H,5-8,12-15,36H2,1-4H3,(H,37,43)(H,38,46)(H,40,45)(H,41,44)/t17-,29-,35-/m0/s1. The number of hydrogen-bond donors (Lipinski definition) is 6. The molecule has 15 heteroatoms. The summed E-state index contributed by atoms with van der Waals surface area (Å²) in [6.45, 7) is 6.18.